The number of hydrogen-bond acceptors (Lipinski definition) is 3. The van der Waals surface area contributed by atoms with Crippen molar-refractivity contribution >= 4 is 5.97 Å². The van der Waals surface area contributed by atoms with Gasteiger partial charge in [-0.05, 0) is 0 Å². The van der Waals surface area contributed by atoms with Crippen molar-refractivity contribution in [1.29, 1.82) is 0 Å². The average Bonchev–Trinajstić information content (AvgIpc) is 2.04. The Bertz CT molecular complexity index is 93.0. The predicted octanol–water partition coefficient (Wildman–Crippen LogP) is 0.294. The monoisotopic (exact) mass is 150 g/mol. The van der Waals surface area contributed by atoms with Crippen LogP contribution in [0.5, 0.6) is 0 Å². The third-order valence-electron chi connectivity index (χ3n) is 0.502. The molecule has 0 aliphatic rings. The molecule has 0 unspecified atom stereocenters. The number of carbonyl (C=O) groups is 1. The maximum absolute atomic E-state index is 10.1. The summed E-state index contributed by atoms with van der Waals surface area (Å²) in [5.41, 5.74) is 0. The maximum atomic E-state index is 10.1. The van der Waals surface area contributed by atoms with Crippen LogP contribution < -0.4 is 0 Å². The normalized spacial score (nSPS) is 7.10. The summed E-state index contributed by atoms with van der Waals surface area (Å²) in [5.74, 6) is -0.501. The number of carbonyl (C=O) groups excluding carboxylic acids is 1. The van der Waals surface area contributed by atoms with Gasteiger partial charge in [-0.3, -0.25) is 4.39 Å². The van der Waals surface area contributed by atoms with Crippen molar-refractivity contribution < 1.29 is 19.0 Å². The van der Waals surface area contributed by atoms with Crippen molar-refractivity contribution in [2.24, 2.45) is 0 Å². The first-order valence-electron chi connectivity index (χ1n) is 2.59. The molecule has 0 heterocycles. The number of aliphatic hydroxyl groups is 1. The summed E-state index contributed by atoms with van der Waals surface area (Å²) in [6.45, 7) is 3.06. The Kier molecular flexibility index (Phi) is 13.0. The highest BCUT2D eigenvalue weighted by Crippen LogP contribution is 1.75. The highest BCUT2D eigenvalue weighted by molar-refractivity contribution is 5.81. The molecule has 4 heteroatoms. The first-order valence-corrected chi connectivity index (χ1v) is 2.59. The minimum atomic E-state index is -0.501. The number of hydrogen-bond donors (Lipinski definition) is 1. The van der Waals surface area contributed by atoms with Crippen molar-refractivity contribution in [3.8, 4) is 0 Å². The number of esters is 1. The van der Waals surface area contributed by atoms with Crippen molar-refractivity contribution in [3.63, 3.8) is 0 Å². The van der Waals surface area contributed by atoms with Crippen LogP contribution in [-0.4, -0.2) is 31.5 Å². The largest absolute Gasteiger partial charge is 0.460 e. The predicted molar refractivity (Wildman–Crippen MR) is 35.3 cm³/mol. The molecule has 0 saturated heterocycles. The number of ether oxygens (including phenoxy) is 1. The lowest BCUT2D eigenvalue weighted by Crippen LogP contribution is -2.04. The van der Waals surface area contributed by atoms with Gasteiger partial charge < -0.3 is 9.84 Å². The van der Waals surface area contributed by atoms with E-state index in [-0.39, 0.29) is 13.2 Å². The average molecular weight is 150 g/mol. The lowest BCUT2D eigenvalue weighted by atomic mass is 10.6. The molecule has 10 heavy (non-hydrogen) atoms. The number of halogens is 1. The molecule has 0 rings (SSSR count). The summed E-state index contributed by atoms with van der Waals surface area (Å²) in [4.78, 5) is 10.1. The van der Waals surface area contributed by atoms with Crippen LogP contribution in [0.4, 0.5) is 4.39 Å². The summed E-state index contributed by atoms with van der Waals surface area (Å²) in [7, 11) is 0.500. The first kappa shape index (κ1) is 11.8. The molecule has 0 aliphatic carbocycles. The van der Waals surface area contributed by atoms with Crippen LogP contribution in [0.25, 0.3) is 0 Å². The van der Waals surface area contributed by atoms with E-state index in [9.17, 15) is 9.18 Å². The van der Waals surface area contributed by atoms with E-state index in [0.717, 1.165) is 6.08 Å². The van der Waals surface area contributed by atoms with E-state index in [1.807, 2.05) is 0 Å². The zero-order valence-corrected chi connectivity index (χ0v) is 5.84. The van der Waals surface area contributed by atoms with E-state index >= 15 is 0 Å². The van der Waals surface area contributed by atoms with Crippen molar-refractivity contribution in [2.45, 2.75) is 0 Å². The fourth-order valence-electron chi connectivity index (χ4n) is 0.205. The maximum Gasteiger partial charge on any atom is 0.330 e. The van der Waals surface area contributed by atoms with Crippen LogP contribution in [0.2, 0.25) is 0 Å². The molecule has 0 aromatic heterocycles. The van der Waals surface area contributed by atoms with Crippen molar-refractivity contribution in [3.05, 3.63) is 12.7 Å². The molecule has 0 fully saturated rings. The number of aliphatic hydroxyl groups excluding tert-OH is 1. The Morgan fingerprint density at radius 1 is 1.80 bits per heavy atom. The highest BCUT2D eigenvalue weighted by Gasteiger charge is 1.90. The minimum absolute atomic E-state index is 0.0465. The van der Waals surface area contributed by atoms with Gasteiger partial charge in [0.15, 0.2) is 0 Å². The molecule has 0 atom stereocenters. The smallest absolute Gasteiger partial charge is 0.330 e. The van der Waals surface area contributed by atoms with Crippen molar-refractivity contribution in [2.75, 3.05) is 20.4 Å². The Balaban J connectivity index is 0. The quantitative estimate of drug-likeness (QED) is 0.464. The van der Waals surface area contributed by atoms with Crippen LogP contribution in [0, 0.1) is 0 Å². The second-order valence-corrected chi connectivity index (χ2v) is 1.10. The van der Waals surface area contributed by atoms with Crippen LogP contribution in [0.3, 0.4) is 0 Å². The molecule has 0 aromatic rings. The first-order chi connectivity index (χ1) is 4.81. The lowest BCUT2D eigenvalue weighted by Gasteiger charge is -1.94. The molecule has 0 aliphatic heterocycles. The van der Waals surface area contributed by atoms with E-state index < -0.39 is 5.97 Å². The standard InChI is InChI=1S/C5H8O3.CH3F/c1-2-5(7)8-4-3-6;1-2/h2,6H,1,3-4H2;1H3. The second-order valence-electron chi connectivity index (χ2n) is 1.10. The molecular formula is C6H11FO3. The Morgan fingerprint density at radius 2 is 2.30 bits per heavy atom. The van der Waals surface area contributed by atoms with Gasteiger partial charge in [-0.2, -0.15) is 0 Å². The van der Waals surface area contributed by atoms with Gasteiger partial charge in [0.05, 0.1) is 13.8 Å². The molecular weight excluding hydrogens is 139 g/mol. The van der Waals surface area contributed by atoms with E-state index in [1.54, 1.807) is 0 Å². The summed E-state index contributed by atoms with van der Waals surface area (Å²) in [6.07, 6.45) is 1.05. The Labute approximate surface area is 59.1 Å². The third kappa shape index (κ3) is 10.2. The molecule has 0 spiro atoms. The summed E-state index contributed by atoms with van der Waals surface area (Å²) in [5, 5.41) is 8.10. The zero-order chi connectivity index (χ0) is 8.41. The topological polar surface area (TPSA) is 46.5 Å². The molecule has 0 aromatic carbocycles. The molecule has 60 valence electrons. The van der Waals surface area contributed by atoms with Gasteiger partial charge in [0.2, 0.25) is 0 Å². The van der Waals surface area contributed by atoms with E-state index in [1.165, 1.54) is 0 Å². The summed E-state index contributed by atoms with van der Waals surface area (Å²) >= 11 is 0. The van der Waals surface area contributed by atoms with Crippen LogP contribution in [0.15, 0.2) is 12.7 Å². The van der Waals surface area contributed by atoms with Gasteiger partial charge in [0.1, 0.15) is 6.61 Å². The molecule has 0 amide bonds. The van der Waals surface area contributed by atoms with E-state index in [4.69, 9.17) is 5.11 Å². The van der Waals surface area contributed by atoms with Crippen LogP contribution in [0.1, 0.15) is 0 Å². The zero-order valence-electron chi connectivity index (χ0n) is 5.84. The van der Waals surface area contributed by atoms with E-state index in [0.29, 0.717) is 7.18 Å². The summed E-state index contributed by atoms with van der Waals surface area (Å²) < 4.78 is 13.8. The minimum Gasteiger partial charge on any atom is -0.460 e. The third-order valence-corrected chi connectivity index (χ3v) is 0.502. The molecule has 3 nitrogen and oxygen atoms in total. The highest BCUT2D eigenvalue weighted by atomic mass is 19.1. The van der Waals surface area contributed by atoms with Crippen LogP contribution in [-0.2, 0) is 9.53 Å². The SMILES string of the molecule is C=CC(=O)OCCO.CF. The molecule has 0 radical (unpaired) electrons. The Hall–Kier alpha value is -0.900. The molecule has 0 bridgehead atoms. The lowest BCUT2D eigenvalue weighted by molar-refractivity contribution is -0.138. The fourth-order valence-corrected chi connectivity index (χ4v) is 0.205. The van der Waals surface area contributed by atoms with Gasteiger partial charge in [-0.25, -0.2) is 4.79 Å². The van der Waals surface area contributed by atoms with Crippen molar-refractivity contribution in [1.82, 2.24) is 0 Å². The van der Waals surface area contributed by atoms with Gasteiger partial charge in [-0.15, -0.1) is 0 Å². The Morgan fingerprint density at radius 3 is 2.60 bits per heavy atom. The summed E-state index contributed by atoms with van der Waals surface area (Å²) in [6, 6.07) is 0. The molecule has 1 N–H and O–H groups in total. The van der Waals surface area contributed by atoms with Gasteiger partial charge in [-0.1, -0.05) is 6.58 Å². The fraction of sp³-hybridized carbons (Fsp3) is 0.500. The van der Waals surface area contributed by atoms with Gasteiger partial charge in [0.25, 0.3) is 0 Å². The van der Waals surface area contributed by atoms with Crippen LogP contribution >= 0.6 is 0 Å². The van der Waals surface area contributed by atoms with E-state index in [2.05, 4.69) is 11.3 Å². The number of rotatable bonds is 3. The molecule has 0 saturated carbocycles. The van der Waals surface area contributed by atoms with Gasteiger partial charge >= 0.3 is 5.97 Å². The second kappa shape index (κ2) is 11.0. The van der Waals surface area contributed by atoms with Gasteiger partial charge in [0, 0.05) is 6.08 Å². The number of alkyl halides is 1.